The van der Waals surface area contributed by atoms with Crippen LogP contribution in [0.3, 0.4) is 0 Å². The Morgan fingerprint density at radius 3 is 2.62 bits per heavy atom. The number of likely N-dealkylation sites (tertiary alicyclic amines) is 1. The number of carbonyl (C=O) groups is 2. The van der Waals surface area contributed by atoms with Gasteiger partial charge in [-0.25, -0.2) is 9.97 Å². The first kappa shape index (κ1) is 18.2. The fourth-order valence-electron chi connectivity index (χ4n) is 2.91. The highest BCUT2D eigenvalue weighted by Gasteiger charge is 2.29. The second kappa shape index (κ2) is 8.08. The summed E-state index contributed by atoms with van der Waals surface area (Å²) < 4.78 is 5.08. The van der Waals surface area contributed by atoms with Gasteiger partial charge in [-0.05, 0) is 39.7 Å². The summed E-state index contributed by atoms with van der Waals surface area (Å²) in [6.07, 6.45) is 1.59. The third kappa shape index (κ3) is 4.66. The Hall–Kier alpha value is -2.18. The van der Waals surface area contributed by atoms with Crippen LogP contribution in [-0.2, 0) is 14.3 Å². The van der Waals surface area contributed by atoms with Gasteiger partial charge in [-0.1, -0.05) is 0 Å². The Morgan fingerprint density at radius 2 is 2.00 bits per heavy atom. The maximum atomic E-state index is 12.6. The van der Waals surface area contributed by atoms with Crippen LogP contribution in [0.15, 0.2) is 6.07 Å². The molecule has 2 rings (SSSR count). The minimum absolute atomic E-state index is 0.0192. The van der Waals surface area contributed by atoms with Crippen LogP contribution in [-0.4, -0.2) is 60.0 Å². The van der Waals surface area contributed by atoms with Crippen molar-refractivity contribution in [2.75, 3.05) is 38.2 Å². The highest BCUT2D eigenvalue weighted by Crippen LogP contribution is 2.18. The topological polar surface area (TPSA) is 75.6 Å². The molecule has 1 saturated heterocycles. The molecule has 0 radical (unpaired) electrons. The van der Waals surface area contributed by atoms with Crippen molar-refractivity contribution in [3.05, 3.63) is 17.5 Å². The van der Waals surface area contributed by atoms with Gasteiger partial charge in [0.25, 0.3) is 0 Å². The Morgan fingerprint density at radius 1 is 1.33 bits per heavy atom. The molecule has 7 nitrogen and oxygen atoms in total. The molecule has 7 heteroatoms. The molecule has 2 heterocycles. The first-order valence-electron chi connectivity index (χ1n) is 8.38. The summed E-state index contributed by atoms with van der Waals surface area (Å²) in [6.45, 7) is 7.28. The standard InChI is InChI=1S/C17H26N4O3/c1-5-24-16(23)14-7-6-8-21(10-14)15(22)11-20(4)17-18-12(2)9-13(3)19-17/h9,14H,5-8,10-11H2,1-4H3/t14-/m0/s1. The molecule has 1 aliphatic heterocycles. The van der Waals surface area contributed by atoms with Crippen LogP contribution >= 0.6 is 0 Å². The van der Waals surface area contributed by atoms with Gasteiger partial charge in [0.2, 0.25) is 11.9 Å². The van der Waals surface area contributed by atoms with Gasteiger partial charge < -0.3 is 14.5 Å². The van der Waals surface area contributed by atoms with E-state index in [9.17, 15) is 9.59 Å². The number of hydrogen-bond donors (Lipinski definition) is 0. The Bertz CT molecular complexity index is 585. The van der Waals surface area contributed by atoms with E-state index in [0.29, 0.717) is 25.6 Å². The number of rotatable bonds is 5. The zero-order chi connectivity index (χ0) is 17.7. The van der Waals surface area contributed by atoms with Crippen molar-refractivity contribution in [3.63, 3.8) is 0 Å². The summed E-state index contributed by atoms with van der Waals surface area (Å²) in [7, 11) is 1.80. The fraction of sp³-hybridized carbons (Fsp3) is 0.647. The van der Waals surface area contributed by atoms with Gasteiger partial charge >= 0.3 is 5.97 Å². The van der Waals surface area contributed by atoms with Crippen LogP contribution in [0.1, 0.15) is 31.2 Å². The van der Waals surface area contributed by atoms with Gasteiger partial charge in [-0.2, -0.15) is 0 Å². The van der Waals surface area contributed by atoms with E-state index in [2.05, 4.69) is 9.97 Å². The lowest BCUT2D eigenvalue weighted by Crippen LogP contribution is -2.46. The second-order valence-corrected chi connectivity index (χ2v) is 6.24. The molecule has 0 spiro atoms. The number of aryl methyl sites for hydroxylation is 2. The first-order chi connectivity index (χ1) is 11.4. The molecule has 0 aromatic carbocycles. The molecule has 132 valence electrons. The Labute approximate surface area is 143 Å². The lowest BCUT2D eigenvalue weighted by molar-refractivity contribution is -0.151. The molecule has 1 aliphatic rings. The number of amides is 1. The molecule has 1 fully saturated rings. The van der Waals surface area contributed by atoms with Crippen LogP contribution in [0.25, 0.3) is 0 Å². The zero-order valence-corrected chi connectivity index (χ0v) is 14.9. The Balaban J connectivity index is 1.97. The third-order valence-electron chi connectivity index (χ3n) is 4.08. The largest absolute Gasteiger partial charge is 0.466 e. The quantitative estimate of drug-likeness (QED) is 0.756. The monoisotopic (exact) mass is 334 g/mol. The van der Waals surface area contributed by atoms with Crippen molar-refractivity contribution in [1.82, 2.24) is 14.9 Å². The van der Waals surface area contributed by atoms with E-state index in [4.69, 9.17) is 4.74 Å². The molecule has 0 saturated carbocycles. The lowest BCUT2D eigenvalue weighted by atomic mass is 9.98. The van der Waals surface area contributed by atoms with Crippen LogP contribution in [0, 0.1) is 19.8 Å². The number of carbonyl (C=O) groups excluding carboxylic acids is 2. The maximum Gasteiger partial charge on any atom is 0.310 e. The molecule has 24 heavy (non-hydrogen) atoms. The van der Waals surface area contributed by atoms with Gasteiger partial charge in [-0.15, -0.1) is 0 Å². The number of nitrogens with zero attached hydrogens (tertiary/aromatic N) is 4. The normalized spacial score (nSPS) is 17.5. The first-order valence-corrected chi connectivity index (χ1v) is 8.38. The smallest absolute Gasteiger partial charge is 0.310 e. The van der Waals surface area contributed by atoms with Crippen molar-refractivity contribution in [1.29, 1.82) is 0 Å². The van der Waals surface area contributed by atoms with E-state index < -0.39 is 0 Å². The Kier molecular flexibility index (Phi) is 6.11. The van der Waals surface area contributed by atoms with E-state index in [1.165, 1.54) is 0 Å². The number of piperidine rings is 1. The highest BCUT2D eigenvalue weighted by molar-refractivity contribution is 5.82. The van der Waals surface area contributed by atoms with Crippen molar-refractivity contribution < 1.29 is 14.3 Å². The van der Waals surface area contributed by atoms with E-state index in [1.54, 1.807) is 23.8 Å². The predicted molar refractivity (Wildman–Crippen MR) is 90.7 cm³/mol. The van der Waals surface area contributed by atoms with Gasteiger partial charge in [0, 0.05) is 31.5 Å². The van der Waals surface area contributed by atoms with Crippen LogP contribution in [0.5, 0.6) is 0 Å². The number of ether oxygens (including phenoxy) is 1. The number of likely N-dealkylation sites (N-methyl/N-ethyl adjacent to an activating group) is 1. The van der Waals surface area contributed by atoms with Crippen LogP contribution in [0.4, 0.5) is 5.95 Å². The van der Waals surface area contributed by atoms with Gasteiger partial charge in [0.05, 0.1) is 19.1 Å². The summed E-state index contributed by atoms with van der Waals surface area (Å²) in [5.74, 6) is 0.0977. The van der Waals surface area contributed by atoms with E-state index in [-0.39, 0.29) is 24.3 Å². The number of esters is 1. The lowest BCUT2D eigenvalue weighted by Gasteiger charge is -2.32. The van der Waals surface area contributed by atoms with Crippen molar-refractivity contribution in [2.24, 2.45) is 5.92 Å². The molecule has 1 aromatic heterocycles. The highest BCUT2D eigenvalue weighted by atomic mass is 16.5. The third-order valence-corrected chi connectivity index (χ3v) is 4.08. The summed E-state index contributed by atoms with van der Waals surface area (Å²) >= 11 is 0. The van der Waals surface area contributed by atoms with Gasteiger partial charge in [0.1, 0.15) is 0 Å². The number of aromatic nitrogens is 2. The molecule has 0 bridgehead atoms. The minimum Gasteiger partial charge on any atom is -0.466 e. The molecule has 0 unspecified atom stereocenters. The minimum atomic E-state index is -0.217. The second-order valence-electron chi connectivity index (χ2n) is 6.24. The van der Waals surface area contributed by atoms with E-state index >= 15 is 0 Å². The summed E-state index contributed by atoms with van der Waals surface area (Å²) in [5.41, 5.74) is 1.74. The average molecular weight is 334 g/mol. The van der Waals surface area contributed by atoms with Gasteiger partial charge in [0.15, 0.2) is 0 Å². The molecular weight excluding hydrogens is 308 g/mol. The summed E-state index contributed by atoms with van der Waals surface area (Å²) in [6, 6.07) is 1.90. The SMILES string of the molecule is CCOC(=O)[C@H]1CCCN(C(=O)CN(C)c2nc(C)cc(C)n2)C1. The maximum absolute atomic E-state index is 12.6. The molecule has 0 N–H and O–H groups in total. The number of hydrogen-bond acceptors (Lipinski definition) is 6. The average Bonchev–Trinajstić information content (AvgIpc) is 2.54. The summed E-state index contributed by atoms with van der Waals surface area (Å²) in [4.78, 5) is 36.7. The molecule has 1 amide bonds. The van der Waals surface area contributed by atoms with E-state index in [0.717, 1.165) is 24.2 Å². The van der Waals surface area contributed by atoms with Crippen LogP contribution < -0.4 is 4.90 Å². The fourth-order valence-corrected chi connectivity index (χ4v) is 2.91. The number of anilines is 1. The molecular formula is C17H26N4O3. The summed E-state index contributed by atoms with van der Waals surface area (Å²) in [5, 5.41) is 0. The van der Waals surface area contributed by atoms with Crippen molar-refractivity contribution in [3.8, 4) is 0 Å². The zero-order valence-electron chi connectivity index (χ0n) is 14.9. The van der Waals surface area contributed by atoms with Crippen molar-refractivity contribution >= 4 is 17.8 Å². The molecule has 0 aliphatic carbocycles. The van der Waals surface area contributed by atoms with Crippen molar-refractivity contribution in [2.45, 2.75) is 33.6 Å². The molecule has 1 aromatic rings. The molecule has 1 atom stereocenters. The van der Waals surface area contributed by atoms with Gasteiger partial charge in [-0.3, -0.25) is 9.59 Å². The van der Waals surface area contributed by atoms with E-state index in [1.807, 2.05) is 19.9 Å². The predicted octanol–water partition coefficient (Wildman–Crippen LogP) is 1.33. The van der Waals surface area contributed by atoms with Crippen LogP contribution in [0.2, 0.25) is 0 Å².